The maximum atomic E-state index is 13.0. The zero-order valence-electron chi connectivity index (χ0n) is 17.4. The summed E-state index contributed by atoms with van der Waals surface area (Å²) in [6.07, 6.45) is 1.85. The molecule has 4 heterocycles. The Morgan fingerprint density at radius 1 is 1.27 bits per heavy atom. The molecular formula is C22H18FN3O6S. The molecule has 2 aromatic rings. The quantitative estimate of drug-likeness (QED) is 0.368. The summed E-state index contributed by atoms with van der Waals surface area (Å²) < 4.78 is 43.5. The highest BCUT2D eigenvalue weighted by molar-refractivity contribution is 6.99. The van der Waals surface area contributed by atoms with Gasteiger partial charge in [0, 0.05) is 24.6 Å². The number of aromatic nitrogens is 2. The smallest absolute Gasteiger partial charge is 0.422 e. The molecule has 170 valence electrons. The molecule has 0 saturated carbocycles. The van der Waals surface area contributed by atoms with Crippen LogP contribution in [0.25, 0.3) is 0 Å². The van der Waals surface area contributed by atoms with Crippen LogP contribution in [-0.4, -0.2) is 57.3 Å². The molecule has 1 aromatic heterocycles. The van der Waals surface area contributed by atoms with Crippen molar-refractivity contribution >= 4 is 23.7 Å². The summed E-state index contributed by atoms with van der Waals surface area (Å²) >= 11 is 0.911. The molecule has 3 atom stereocenters. The van der Waals surface area contributed by atoms with Gasteiger partial charge >= 0.3 is 17.8 Å². The van der Waals surface area contributed by atoms with E-state index in [9.17, 15) is 14.0 Å². The van der Waals surface area contributed by atoms with Crippen molar-refractivity contribution in [3.05, 3.63) is 47.3 Å². The first-order valence-corrected chi connectivity index (χ1v) is 11.0. The second-order valence-electron chi connectivity index (χ2n) is 7.77. The number of allylic oxidation sites excluding steroid dienone is 1. The summed E-state index contributed by atoms with van der Waals surface area (Å²) in [6, 6.07) is 5.92. The molecule has 2 bridgehead atoms. The first kappa shape index (κ1) is 21.4. The molecule has 1 aromatic carbocycles. The highest BCUT2D eigenvalue weighted by Crippen LogP contribution is 2.47. The van der Waals surface area contributed by atoms with Crippen molar-refractivity contribution in [2.45, 2.75) is 25.4 Å². The fourth-order valence-electron chi connectivity index (χ4n) is 4.03. The standard InChI is InChI=1S/C22H18FN3O6S/c1-13(2-3-14-4-6-16(23)7-5-14)9-11-29-18-19(25-33-24-18)30-17-15-8-10-26(12-15)22(17)31-20(27)21(28)32-22/h4-7,9,15,17H,8,10-12H2,1H3/b13-9+. The van der Waals surface area contributed by atoms with Gasteiger partial charge in [-0.25, -0.2) is 18.9 Å². The van der Waals surface area contributed by atoms with Gasteiger partial charge in [-0.15, -0.1) is 8.75 Å². The molecule has 3 fully saturated rings. The summed E-state index contributed by atoms with van der Waals surface area (Å²) in [7, 11) is 0. The Bertz CT molecular complexity index is 1170. The number of benzene rings is 1. The number of esters is 2. The number of rotatable bonds is 5. The van der Waals surface area contributed by atoms with Crippen molar-refractivity contribution in [1.29, 1.82) is 0 Å². The lowest BCUT2D eigenvalue weighted by Crippen LogP contribution is -2.57. The molecule has 3 aliphatic heterocycles. The molecule has 0 radical (unpaired) electrons. The van der Waals surface area contributed by atoms with Crippen LogP contribution >= 0.6 is 11.7 Å². The molecule has 11 heteroatoms. The van der Waals surface area contributed by atoms with E-state index in [0.717, 1.165) is 23.7 Å². The highest BCUT2D eigenvalue weighted by Gasteiger charge is 2.69. The second kappa shape index (κ2) is 8.46. The Morgan fingerprint density at radius 3 is 2.76 bits per heavy atom. The van der Waals surface area contributed by atoms with Crippen molar-refractivity contribution in [2.75, 3.05) is 19.7 Å². The summed E-state index contributed by atoms with van der Waals surface area (Å²) in [5.74, 6) is 2.29. The molecule has 3 aliphatic rings. The number of hydrogen-bond acceptors (Lipinski definition) is 10. The third-order valence-corrected chi connectivity index (χ3v) is 6.12. The molecule has 33 heavy (non-hydrogen) atoms. The summed E-state index contributed by atoms with van der Waals surface area (Å²) in [5.41, 5.74) is 1.46. The second-order valence-corrected chi connectivity index (χ2v) is 8.30. The Balaban J connectivity index is 1.24. The Labute approximate surface area is 192 Å². The van der Waals surface area contributed by atoms with Gasteiger partial charge in [0.2, 0.25) is 0 Å². The van der Waals surface area contributed by atoms with Crippen LogP contribution < -0.4 is 9.47 Å². The number of fused-ring (bicyclic) bond motifs is 3. The maximum absolute atomic E-state index is 13.0. The van der Waals surface area contributed by atoms with Gasteiger partial charge in [0.25, 0.3) is 11.8 Å². The largest absolute Gasteiger partial charge is 0.469 e. The minimum absolute atomic E-state index is 0.00197. The normalized spacial score (nSPS) is 24.9. The lowest BCUT2D eigenvalue weighted by Gasteiger charge is -2.36. The van der Waals surface area contributed by atoms with Gasteiger partial charge in [-0.05, 0) is 49.3 Å². The van der Waals surface area contributed by atoms with E-state index in [-0.39, 0.29) is 30.1 Å². The number of hydrogen-bond donors (Lipinski definition) is 0. The third kappa shape index (κ3) is 4.03. The monoisotopic (exact) mass is 471 g/mol. The van der Waals surface area contributed by atoms with Gasteiger partial charge in [0.1, 0.15) is 12.4 Å². The van der Waals surface area contributed by atoms with Crippen LogP contribution in [0.3, 0.4) is 0 Å². The fourth-order valence-corrected chi connectivity index (χ4v) is 4.48. The van der Waals surface area contributed by atoms with Crippen LogP contribution in [0.1, 0.15) is 18.9 Å². The molecular weight excluding hydrogens is 453 g/mol. The lowest BCUT2D eigenvalue weighted by molar-refractivity contribution is -0.273. The molecule has 0 aliphatic carbocycles. The van der Waals surface area contributed by atoms with Crippen LogP contribution in [0.15, 0.2) is 35.9 Å². The maximum Gasteiger partial charge on any atom is 0.422 e. The number of halogens is 1. The fraction of sp³-hybridized carbons (Fsp3) is 0.364. The number of piperidine rings is 1. The summed E-state index contributed by atoms with van der Waals surface area (Å²) in [5, 5.41) is 0. The lowest BCUT2D eigenvalue weighted by atomic mass is 9.99. The SMILES string of the molecule is C/C(C#Cc1ccc(F)cc1)=C\COc1nsnc1OC1C2CCN(C2)C12OC(=O)C(=O)O2. The van der Waals surface area contributed by atoms with Crippen LogP contribution in [0.5, 0.6) is 11.8 Å². The molecule has 1 spiro atoms. The van der Waals surface area contributed by atoms with E-state index in [2.05, 4.69) is 20.6 Å². The third-order valence-electron chi connectivity index (χ3n) is 5.62. The van der Waals surface area contributed by atoms with E-state index >= 15 is 0 Å². The summed E-state index contributed by atoms with van der Waals surface area (Å²) in [6.45, 7) is 3.20. The van der Waals surface area contributed by atoms with Gasteiger partial charge < -0.3 is 18.9 Å². The average molecular weight is 471 g/mol. The van der Waals surface area contributed by atoms with E-state index in [1.54, 1.807) is 23.1 Å². The minimum Gasteiger partial charge on any atom is -0.469 e. The Kier molecular flexibility index (Phi) is 5.47. The molecule has 3 saturated heterocycles. The van der Waals surface area contributed by atoms with Crippen molar-refractivity contribution in [3.63, 3.8) is 0 Å². The Morgan fingerprint density at radius 2 is 2.00 bits per heavy atom. The number of nitrogens with zero attached hydrogens (tertiary/aromatic N) is 3. The van der Waals surface area contributed by atoms with E-state index < -0.39 is 24.0 Å². The summed E-state index contributed by atoms with van der Waals surface area (Å²) in [4.78, 5) is 25.2. The topological polar surface area (TPSA) is 100 Å². The zero-order chi connectivity index (χ0) is 23.0. The number of ether oxygens (including phenoxy) is 4. The van der Waals surface area contributed by atoms with Crippen molar-refractivity contribution < 1.29 is 32.9 Å². The van der Waals surface area contributed by atoms with Crippen molar-refractivity contribution in [3.8, 4) is 23.6 Å². The number of carbonyl (C=O) groups is 2. The predicted octanol–water partition coefficient (Wildman–Crippen LogP) is 1.89. The van der Waals surface area contributed by atoms with Gasteiger partial charge in [-0.1, -0.05) is 11.8 Å². The van der Waals surface area contributed by atoms with E-state index in [1.807, 2.05) is 6.92 Å². The average Bonchev–Trinajstić information content (AvgIpc) is 3.56. The number of carbonyl (C=O) groups excluding carboxylic acids is 2. The minimum atomic E-state index is -1.57. The van der Waals surface area contributed by atoms with E-state index in [0.29, 0.717) is 18.7 Å². The van der Waals surface area contributed by atoms with Crippen LogP contribution in [0.2, 0.25) is 0 Å². The molecule has 0 amide bonds. The van der Waals surface area contributed by atoms with Gasteiger partial charge in [0.15, 0.2) is 6.10 Å². The molecule has 3 unspecified atom stereocenters. The zero-order valence-corrected chi connectivity index (χ0v) is 18.3. The highest BCUT2D eigenvalue weighted by atomic mass is 32.1. The molecule has 0 N–H and O–H groups in total. The van der Waals surface area contributed by atoms with Gasteiger partial charge in [0.05, 0.1) is 11.7 Å². The van der Waals surface area contributed by atoms with Crippen molar-refractivity contribution in [2.24, 2.45) is 5.92 Å². The first-order valence-electron chi connectivity index (χ1n) is 10.2. The molecule has 5 rings (SSSR count). The van der Waals surface area contributed by atoms with Crippen LogP contribution in [0.4, 0.5) is 4.39 Å². The van der Waals surface area contributed by atoms with Crippen molar-refractivity contribution in [1.82, 2.24) is 13.6 Å². The van der Waals surface area contributed by atoms with Crippen LogP contribution in [0, 0.1) is 23.6 Å². The van der Waals surface area contributed by atoms with E-state index in [1.165, 1.54) is 12.1 Å². The molecule has 9 nitrogen and oxygen atoms in total. The van der Waals surface area contributed by atoms with Gasteiger partial charge in [-0.2, -0.15) is 0 Å². The first-order chi connectivity index (χ1) is 15.9. The van der Waals surface area contributed by atoms with Crippen LogP contribution in [-0.2, 0) is 19.1 Å². The predicted molar refractivity (Wildman–Crippen MR) is 111 cm³/mol. The van der Waals surface area contributed by atoms with E-state index in [4.69, 9.17) is 18.9 Å². The Hall–Kier alpha value is -3.49. The van der Waals surface area contributed by atoms with Gasteiger partial charge in [-0.3, -0.25) is 0 Å².